The molecular formula is C14H20N2O2. The summed E-state index contributed by atoms with van der Waals surface area (Å²) in [6.07, 6.45) is 2.04. The van der Waals surface area contributed by atoms with E-state index in [0.29, 0.717) is 6.54 Å². The Balaban J connectivity index is 1.89. The van der Waals surface area contributed by atoms with E-state index in [4.69, 9.17) is 0 Å². The lowest BCUT2D eigenvalue weighted by Gasteiger charge is -2.21. The third-order valence-corrected chi connectivity index (χ3v) is 3.36. The third kappa shape index (κ3) is 3.31. The maximum absolute atomic E-state index is 11.9. The quantitative estimate of drug-likeness (QED) is 0.846. The van der Waals surface area contributed by atoms with Crippen LogP contribution in [-0.2, 0) is 4.79 Å². The van der Waals surface area contributed by atoms with Crippen LogP contribution in [-0.4, -0.2) is 41.7 Å². The van der Waals surface area contributed by atoms with Gasteiger partial charge < -0.3 is 10.4 Å². The molecular weight excluding hydrogens is 228 g/mol. The molecule has 4 heteroatoms. The zero-order valence-electron chi connectivity index (χ0n) is 10.7. The minimum absolute atomic E-state index is 0.0130. The Morgan fingerprint density at radius 1 is 1.56 bits per heavy atom. The van der Waals surface area contributed by atoms with Gasteiger partial charge in [-0.1, -0.05) is 12.1 Å². The van der Waals surface area contributed by atoms with E-state index in [1.165, 1.54) is 0 Å². The lowest BCUT2D eigenvalue weighted by Crippen LogP contribution is -2.38. The Hall–Kier alpha value is -1.39. The lowest BCUT2D eigenvalue weighted by atomic mass is 10.2. The molecule has 2 rings (SSSR count). The average molecular weight is 248 g/mol. The SMILES string of the molecule is Cc1cccc(NC(=O)CN2CCC[C@H]2CO)c1. The smallest absolute Gasteiger partial charge is 0.238 e. The number of aliphatic hydroxyl groups excluding tert-OH is 1. The molecule has 0 bridgehead atoms. The van der Waals surface area contributed by atoms with Crippen molar-refractivity contribution in [3.63, 3.8) is 0 Å². The summed E-state index contributed by atoms with van der Waals surface area (Å²) in [5.74, 6) is -0.0130. The van der Waals surface area contributed by atoms with Gasteiger partial charge in [0.25, 0.3) is 0 Å². The number of rotatable bonds is 4. The van der Waals surface area contributed by atoms with E-state index in [0.717, 1.165) is 30.6 Å². The van der Waals surface area contributed by atoms with Crippen LogP contribution >= 0.6 is 0 Å². The fourth-order valence-corrected chi connectivity index (χ4v) is 2.42. The first-order valence-electron chi connectivity index (χ1n) is 6.40. The zero-order valence-corrected chi connectivity index (χ0v) is 10.7. The second kappa shape index (κ2) is 5.98. The van der Waals surface area contributed by atoms with Crippen molar-refractivity contribution in [2.45, 2.75) is 25.8 Å². The second-order valence-electron chi connectivity index (χ2n) is 4.87. The van der Waals surface area contributed by atoms with E-state index in [2.05, 4.69) is 5.32 Å². The van der Waals surface area contributed by atoms with Gasteiger partial charge in [-0.05, 0) is 44.0 Å². The molecule has 1 heterocycles. The Kier molecular flexibility index (Phi) is 4.33. The molecule has 1 atom stereocenters. The molecule has 1 saturated heterocycles. The van der Waals surface area contributed by atoms with Gasteiger partial charge in [0.15, 0.2) is 0 Å². The molecule has 0 saturated carbocycles. The monoisotopic (exact) mass is 248 g/mol. The number of nitrogens with one attached hydrogen (secondary N) is 1. The number of hydrogen-bond acceptors (Lipinski definition) is 3. The molecule has 0 unspecified atom stereocenters. The van der Waals surface area contributed by atoms with Crippen molar-refractivity contribution >= 4 is 11.6 Å². The highest BCUT2D eigenvalue weighted by molar-refractivity contribution is 5.92. The van der Waals surface area contributed by atoms with Gasteiger partial charge in [0.1, 0.15) is 0 Å². The summed E-state index contributed by atoms with van der Waals surface area (Å²) < 4.78 is 0. The van der Waals surface area contributed by atoms with E-state index in [1.54, 1.807) is 0 Å². The van der Waals surface area contributed by atoms with Crippen molar-refractivity contribution < 1.29 is 9.90 Å². The van der Waals surface area contributed by atoms with Crippen molar-refractivity contribution in [1.82, 2.24) is 4.90 Å². The molecule has 1 amide bonds. The van der Waals surface area contributed by atoms with E-state index < -0.39 is 0 Å². The topological polar surface area (TPSA) is 52.6 Å². The number of nitrogens with zero attached hydrogens (tertiary/aromatic N) is 1. The zero-order chi connectivity index (χ0) is 13.0. The average Bonchev–Trinajstić information content (AvgIpc) is 2.76. The van der Waals surface area contributed by atoms with Crippen molar-refractivity contribution in [1.29, 1.82) is 0 Å². The van der Waals surface area contributed by atoms with Crippen LogP contribution in [0.5, 0.6) is 0 Å². The van der Waals surface area contributed by atoms with Crippen molar-refractivity contribution in [2.24, 2.45) is 0 Å². The van der Waals surface area contributed by atoms with Crippen molar-refractivity contribution in [2.75, 3.05) is 25.0 Å². The number of anilines is 1. The van der Waals surface area contributed by atoms with Gasteiger partial charge in [0, 0.05) is 11.7 Å². The van der Waals surface area contributed by atoms with Gasteiger partial charge in [-0.25, -0.2) is 0 Å². The summed E-state index contributed by atoms with van der Waals surface area (Å²) in [4.78, 5) is 14.0. The maximum Gasteiger partial charge on any atom is 0.238 e. The predicted molar refractivity (Wildman–Crippen MR) is 71.5 cm³/mol. The Morgan fingerprint density at radius 3 is 3.11 bits per heavy atom. The van der Waals surface area contributed by atoms with Crippen LogP contribution in [0.2, 0.25) is 0 Å². The summed E-state index contributed by atoms with van der Waals surface area (Å²) in [7, 11) is 0. The molecule has 0 aliphatic carbocycles. The number of aliphatic hydroxyl groups is 1. The van der Waals surface area contributed by atoms with E-state index >= 15 is 0 Å². The van der Waals surface area contributed by atoms with Crippen LogP contribution in [0.3, 0.4) is 0 Å². The number of aryl methyl sites for hydroxylation is 1. The summed E-state index contributed by atoms with van der Waals surface area (Å²) >= 11 is 0. The molecule has 1 aliphatic rings. The number of carbonyl (C=O) groups is 1. The molecule has 0 aromatic heterocycles. The molecule has 0 spiro atoms. The fraction of sp³-hybridized carbons (Fsp3) is 0.500. The van der Waals surface area contributed by atoms with Gasteiger partial charge in [-0.2, -0.15) is 0 Å². The van der Waals surface area contributed by atoms with Gasteiger partial charge in [0.2, 0.25) is 5.91 Å². The van der Waals surface area contributed by atoms with Crippen LogP contribution in [0.15, 0.2) is 24.3 Å². The standard InChI is InChI=1S/C14H20N2O2/c1-11-4-2-5-12(8-11)15-14(18)9-16-7-3-6-13(16)10-17/h2,4-5,8,13,17H,3,6-7,9-10H2,1H3,(H,15,18)/t13-/m0/s1. The Bertz CT molecular complexity index is 420. The van der Waals surface area contributed by atoms with Crippen molar-refractivity contribution in [3.05, 3.63) is 29.8 Å². The maximum atomic E-state index is 11.9. The van der Waals surface area contributed by atoms with E-state index in [1.807, 2.05) is 36.1 Å². The predicted octanol–water partition coefficient (Wildman–Crippen LogP) is 1.39. The summed E-state index contributed by atoms with van der Waals surface area (Å²) in [6.45, 7) is 3.39. The highest BCUT2D eigenvalue weighted by Crippen LogP contribution is 2.16. The molecule has 1 aromatic rings. The number of likely N-dealkylation sites (tertiary alicyclic amines) is 1. The Labute approximate surface area is 108 Å². The normalized spacial score (nSPS) is 20.0. The number of benzene rings is 1. The minimum Gasteiger partial charge on any atom is -0.395 e. The fourth-order valence-electron chi connectivity index (χ4n) is 2.42. The molecule has 4 nitrogen and oxygen atoms in total. The highest BCUT2D eigenvalue weighted by atomic mass is 16.3. The first-order chi connectivity index (χ1) is 8.69. The summed E-state index contributed by atoms with van der Waals surface area (Å²) in [6, 6.07) is 7.91. The molecule has 2 N–H and O–H groups in total. The van der Waals surface area contributed by atoms with Crippen molar-refractivity contribution in [3.8, 4) is 0 Å². The second-order valence-corrected chi connectivity index (χ2v) is 4.87. The number of amides is 1. The third-order valence-electron chi connectivity index (χ3n) is 3.36. The Morgan fingerprint density at radius 2 is 2.39 bits per heavy atom. The van der Waals surface area contributed by atoms with E-state index in [-0.39, 0.29) is 18.6 Å². The van der Waals surface area contributed by atoms with Crippen LogP contribution in [0.4, 0.5) is 5.69 Å². The number of hydrogen-bond donors (Lipinski definition) is 2. The van der Waals surface area contributed by atoms with Crippen LogP contribution in [0, 0.1) is 6.92 Å². The lowest BCUT2D eigenvalue weighted by molar-refractivity contribution is -0.117. The molecule has 0 radical (unpaired) electrons. The molecule has 18 heavy (non-hydrogen) atoms. The highest BCUT2D eigenvalue weighted by Gasteiger charge is 2.25. The molecule has 1 aromatic carbocycles. The van der Waals surface area contributed by atoms with Gasteiger partial charge in [-0.3, -0.25) is 9.69 Å². The summed E-state index contributed by atoms with van der Waals surface area (Å²) in [5, 5.41) is 12.1. The summed E-state index contributed by atoms with van der Waals surface area (Å²) in [5.41, 5.74) is 1.96. The molecule has 98 valence electrons. The van der Waals surface area contributed by atoms with Gasteiger partial charge in [-0.15, -0.1) is 0 Å². The van der Waals surface area contributed by atoms with Crippen LogP contribution < -0.4 is 5.32 Å². The van der Waals surface area contributed by atoms with Gasteiger partial charge >= 0.3 is 0 Å². The van der Waals surface area contributed by atoms with Gasteiger partial charge in [0.05, 0.1) is 13.2 Å². The first kappa shape index (κ1) is 13.1. The van der Waals surface area contributed by atoms with Crippen LogP contribution in [0.1, 0.15) is 18.4 Å². The minimum atomic E-state index is -0.0130. The molecule has 1 fully saturated rings. The largest absolute Gasteiger partial charge is 0.395 e. The first-order valence-corrected chi connectivity index (χ1v) is 6.40. The van der Waals surface area contributed by atoms with E-state index in [9.17, 15) is 9.90 Å². The number of carbonyl (C=O) groups excluding carboxylic acids is 1. The van der Waals surface area contributed by atoms with Crippen LogP contribution in [0.25, 0.3) is 0 Å². The molecule has 1 aliphatic heterocycles.